The number of halogens is 2. The molecule has 0 heterocycles. The van der Waals surface area contributed by atoms with E-state index in [-0.39, 0.29) is 6.42 Å². The van der Waals surface area contributed by atoms with Gasteiger partial charge in [-0.15, -0.1) is 0 Å². The Labute approximate surface area is 88.2 Å². The topological polar surface area (TPSA) is 63.3 Å². The van der Waals surface area contributed by atoms with Crippen LogP contribution in [-0.4, -0.2) is 21.5 Å². The summed E-state index contributed by atoms with van der Waals surface area (Å²) in [4.78, 5) is 10.3. The Bertz CT molecular complexity index is 174. The molecule has 1 atom stereocenters. The number of rotatable bonds is 6. The van der Waals surface area contributed by atoms with Crippen LogP contribution in [0.4, 0.5) is 0 Å². The largest absolute Gasteiger partial charge is 0.481 e. The van der Waals surface area contributed by atoms with Crippen LogP contribution in [0, 0.1) is 0 Å². The summed E-state index contributed by atoms with van der Waals surface area (Å²) in [5.74, 6) is -0.977. The first-order valence-corrected chi connectivity index (χ1v) is 5.01. The first-order valence-electron chi connectivity index (χ1n) is 4.25. The van der Waals surface area contributed by atoms with Crippen molar-refractivity contribution in [3.05, 3.63) is 0 Å². The molecule has 5 heteroatoms. The van der Waals surface area contributed by atoms with Gasteiger partial charge in [-0.05, 0) is 6.42 Å². The molecule has 78 valence electrons. The van der Waals surface area contributed by atoms with Crippen LogP contribution >= 0.6 is 23.2 Å². The molecule has 0 aromatic heterocycles. The maximum absolute atomic E-state index is 10.3. The Morgan fingerprint density at radius 1 is 1.62 bits per heavy atom. The molecule has 0 aliphatic rings. The molecule has 0 amide bonds. The van der Waals surface area contributed by atoms with Crippen molar-refractivity contribution >= 4 is 29.2 Å². The molecule has 1 unspecified atom stereocenters. The minimum atomic E-state index is -1.12. The van der Waals surface area contributed by atoms with Gasteiger partial charge in [0.05, 0.1) is 6.42 Å². The Morgan fingerprint density at radius 3 is 2.54 bits per heavy atom. The molecule has 3 N–H and O–H groups in total. The lowest BCUT2D eigenvalue weighted by molar-refractivity contribution is -0.137. The third-order valence-corrected chi connectivity index (χ3v) is 2.74. The third-order valence-electron chi connectivity index (χ3n) is 1.80. The zero-order valence-electron chi connectivity index (χ0n) is 7.59. The minimum Gasteiger partial charge on any atom is -0.481 e. The zero-order valence-corrected chi connectivity index (χ0v) is 9.11. The van der Waals surface area contributed by atoms with E-state index < -0.39 is 16.3 Å². The molecule has 0 aliphatic carbocycles. The first-order chi connectivity index (χ1) is 5.90. The number of alkyl halides is 2. The second kappa shape index (κ2) is 5.68. The average molecular weight is 228 g/mol. The molecule has 0 bridgehead atoms. The number of aliphatic carboxylic acids is 1. The van der Waals surface area contributed by atoms with Crippen molar-refractivity contribution in [1.82, 2.24) is 0 Å². The number of carboxylic acid groups (broad SMARTS) is 1. The molecule has 0 aliphatic heterocycles. The van der Waals surface area contributed by atoms with E-state index in [2.05, 4.69) is 0 Å². The van der Waals surface area contributed by atoms with E-state index in [4.69, 9.17) is 34.0 Å². The zero-order chi connectivity index (χ0) is 10.5. The molecule has 0 aromatic carbocycles. The molecule has 0 saturated carbocycles. The summed E-state index contributed by atoms with van der Waals surface area (Å²) >= 11 is 11.8. The van der Waals surface area contributed by atoms with Crippen LogP contribution < -0.4 is 5.73 Å². The normalized spacial score (nSPS) is 14.2. The van der Waals surface area contributed by atoms with E-state index in [9.17, 15) is 4.79 Å². The van der Waals surface area contributed by atoms with Gasteiger partial charge in [-0.2, -0.15) is 0 Å². The highest BCUT2D eigenvalue weighted by atomic mass is 35.5. The van der Waals surface area contributed by atoms with Gasteiger partial charge in [-0.3, -0.25) is 4.79 Å². The van der Waals surface area contributed by atoms with Gasteiger partial charge in [-0.1, -0.05) is 43.0 Å². The Hall–Kier alpha value is 0.01000. The molecular weight excluding hydrogens is 213 g/mol. The van der Waals surface area contributed by atoms with Crippen molar-refractivity contribution in [2.75, 3.05) is 0 Å². The molecule has 0 rings (SSSR count). The van der Waals surface area contributed by atoms with E-state index in [0.717, 1.165) is 12.8 Å². The van der Waals surface area contributed by atoms with Gasteiger partial charge in [-0.25, -0.2) is 0 Å². The molecule has 3 nitrogen and oxygen atoms in total. The maximum atomic E-state index is 10.3. The fourth-order valence-corrected chi connectivity index (χ4v) is 1.36. The second-order valence-electron chi connectivity index (χ2n) is 3.07. The summed E-state index contributed by atoms with van der Waals surface area (Å²) < 4.78 is -1.12. The van der Waals surface area contributed by atoms with Crippen molar-refractivity contribution in [3.63, 3.8) is 0 Å². The van der Waals surface area contributed by atoms with Gasteiger partial charge in [0.2, 0.25) is 0 Å². The summed E-state index contributed by atoms with van der Waals surface area (Å²) in [7, 11) is 0. The van der Waals surface area contributed by atoms with Crippen molar-refractivity contribution in [2.24, 2.45) is 5.73 Å². The highest BCUT2D eigenvalue weighted by Crippen LogP contribution is 2.31. The average Bonchev–Trinajstić information content (AvgIpc) is 1.99. The van der Waals surface area contributed by atoms with E-state index >= 15 is 0 Å². The number of hydrogen-bond donors (Lipinski definition) is 2. The fraction of sp³-hybridized carbons (Fsp3) is 0.875. The second-order valence-corrected chi connectivity index (χ2v) is 4.61. The molecule has 0 radical (unpaired) electrons. The van der Waals surface area contributed by atoms with Gasteiger partial charge in [0, 0.05) is 6.04 Å². The van der Waals surface area contributed by atoms with Crippen LogP contribution in [0.25, 0.3) is 0 Å². The minimum absolute atomic E-state index is 0.198. The number of unbranched alkanes of at least 4 members (excludes halogenated alkanes) is 1. The van der Waals surface area contributed by atoms with Gasteiger partial charge in [0.25, 0.3) is 0 Å². The smallest absolute Gasteiger partial charge is 0.305 e. The molecule has 0 spiro atoms. The van der Waals surface area contributed by atoms with Crippen LogP contribution in [0.5, 0.6) is 0 Å². The standard InChI is InChI=1S/C8H15Cl2NO2/c1-2-3-4-8(9,10)6(11)5-7(12)13/h6H,2-5,11H2,1H3,(H,12,13). The monoisotopic (exact) mass is 227 g/mol. The first kappa shape index (κ1) is 13.0. The lowest BCUT2D eigenvalue weighted by Crippen LogP contribution is -2.40. The quantitative estimate of drug-likeness (QED) is 0.684. The van der Waals surface area contributed by atoms with E-state index in [0.29, 0.717) is 6.42 Å². The summed E-state index contributed by atoms with van der Waals surface area (Å²) in [5.41, 5.74) is 5.55. The number of carboxylic acids is 1. The number of carbonyl (C=O) groups is 1. The predicted octanol–water partition coefficient (Wildman–Crippen LogP) is 2.15. The van der Waals surface area contributed by atoms with Gasteiger partial charge in [0.15, 0.2) is 0 Å². The van der Waals surface area contributed by atoms with Crippen LogP contribution in [0.2, 0.25) is 0 Å². The Morgan fingerprint density at radius 2 is 2.15 bits per heavy atom. The van der Waals surface area contributed by atoms with E-state index in [1.54, 1.807) is 0 Å². The van der Waals surface area contributed by atoms with Crippen molar-refractivity contribution in [3.8, 4) is 0 Å². The lowest BCUT2D eigenvalue weighted by atomic mass is 10.1. The third kappa shape index (κ3) is 5.34. The van der Waals surface area contributed by atoms with E-state index in [1.165, 1.54) is 0 Å². The van der Waals surface area contributed by atoms with Gasteiger partial charge in [0.1, 0.15) is 4.33 Å². The highest BCUT2D eigenvalue weighted by molar-refractivity contribution is 6.49. The maximum Gasteiger partial charge on any atom is 0.305 e. The molecule has 13 heavy (non-hydrogen) atoms. The molecular formula is C8H15Cl2NO2. The summed E-state index contributed by atoms with van der Waals surface area (Å²) in [6.45, 7) is 2.01. The lowest BCUT2D eigenvalue weighted by Gasteiger charge is -2.25. The fourth-order valence-electron chi connectivity index (χ4n) is 0.935. The van der Waals surface area contributed by atoms with Crippen molar-refractivity contribution < 1.29 is 9.90 Å². The molecule has 0 aromatic rings. The number of nitrogens with two attached hydrogens (primary N) is 1. The van der Waals surface area contributed by atoms with Crippen molar-refractivity contribution in [1.29, 1.82) is 0 Å². The van der Waals surface area contributed by atoms with Crippen LogP contribution in [-0.2, 0) is 4.79 Å². The predicted molar refractivity (Wildman–Crippen MR) is 54.2 cm³/mol. The van der Waals surface area contributed by atoms with Crippen LogP contribution in [0.1, 0.15) is 32.6 Å². The SMILES string of the molecule is CCCCC(Cl)(Cl)C(N)CC(=O)O. The summed E-state index contributed by atoms with van der Waals surface area (Å²) in [5, 5.41) is 8.48. The number of hydrogen-bond acceptors (Lipinski definition) is 2. The van der Waals surface area contributed by atoms with E-state index in [1.807, 2.05) is 6.92 Å². The Kier molecular flexibility index (Phi) is 5.68. The Balaban J connectivity index is 4.01. The highest BCUT2D eigenvalue weighted by Gasteiger charge is 2.32. The summed E-state index contributed by atoms with van der Waals surface area (Å²) in [6.07, 6.45) is 2.14. The van der Waals surface area contributed by atoms with Gasteiger partial charge >= 0.3 is 5.97 Å². The summed E-state index contributed by atoms with van der Waals surface area (Å²) in [6, 6.07) is -0.708. The molecule has 0 fully saturated rings. The van der Waals surface area contributed by atoms with Crippen LogP contribution in [0.15, 0.2) is 0 Å². The van der Waals surface area contributed by atoms with Crippen molar-refractivity contribution in [2.45, 2.75) is 43.0 Å². The van der Waals surface area contributed by atoms with Gasteiger partial charge < -0.3 is 10.8 Å². The van der Waals surface area contributed by atoms with Crippen LogP contribution in [0.3, 0.4) is 0 Å². The molecule has 0 saturated heterocycles.